The maximum Gasteiger partial charge on any atom is 0.335 e. The van der Waals surface area contributed by atoms with Crippen LogP contribution in [-0.4, -0.2) is 45.5 Å². The monoisotopic (exact) mass is 427 g/mol. The summed E-state index contributed by atoms with van der Waals surface area (Å²) < 4.78 is 0. The van der Waals surface area contributed by atoms with Crippen molar-refractivity contribution >= 4 is 11.8 Å². The Balaban J connectivity index is 1.49. The first-order chi connectivity index (χ1) is 15.4. The number of rotatable bonds is 4. The van der Waals surface area contributed by atoms with Crippen molar-refractivity contribution in [2.75, 3.05) is 6.54 Å². The van der Waals surface area contributed by atoms with Crippen molar-refractivity contribution in [1.29, 1.82) is 0 Å². The van der Waals surface area contributed by atoms with Gasteiger partial charge in [-0.1, -0.05) is 48.4 Å². The molecule has 2 aromatic rings. The summed E-state index contributed by atoms with van der Waals surface area (Å²) in [6.45, 7) is 2.15. The molecule has 0 saturated heterocycles. The summed E-state index contributed by atoms with van der Waals surface area (Å²) in [5, 5.41) is 22.8. The zero-order valence-corrected chi connectivity index (χ0v) is 17.7. The van der Waals surface area contributed by atoms with Crippen molar-refractivity contribution in [1.82, 2.24) is 9.96 Å². The van der Waals surface area contributed by atoms with E-state index in [4.69, 9.17) is 5.11 Å². The van der Waals surface area contributed by atoms with E-state index in [0.29, 0.717) is 18.5 Å². The summed E-state index contributed by atoms with van der Waals surface area (Å²) in [6, 6.07) is 18.0. The summed E-state index contributed by atoms with van der Waals surface area (Å²) in [5.41, 5.74) is 3.40. The molecule has 0 saturated carbocycles. The number of aromatic carboxylic acids is 1. The number of benzene rings is 2. The lowest BCUT2D eigenvalue weighted by molar-refractivity contribution is -0.121. The zero-order valence-electron chi connectivity index (χ0n) is 17.7. The quantitative estimate of drug-likeness (QED) is 0.753. The Morgan fingerprint density at radius 2 is 1.84 bits per heavy atom. The smallest absolute Gasteiger partial charge is 0.335 e. The number of Topliss-reactive ketones (excluding diaryl/α,β-unsaturated/α-hetero) is 1. The molecule has 6 heteroatoms. The summed E-state index contributed by atoms with van der Waals surface area (Å²) in [6.07, 6.45) is 4.47. The maximum absolute atomic E-state index is 13.2. The van der Waals surface area contributed by atoms with Crippen molar-refractivity contribution in [2.45, 2.75) is 31.8 Å². The molecule has 2 aliphatic rings. The van der Waals surface area contributed by atoms with Crippen molar-refractivity contribution < 1.29 is 14.7 Å². The molecule has 162 valence electrons. The normalized spacial score (nSPS) is 20.6. The van der Waals surface area contributed by atoms with E-state index in [0.717, 1.165) is 21.8 Å². The number of carboxylic acid groups (broad SMARTS) is 1. The number of nitrogens with zero attached hydrogens (tertiary/aromatic N) is 2. The largest absolute Gasteiger partial charge is 0.784 e. The van der Waals surface area contributed by atoms with Crippen LogP contribution in [0.3, 0.4) is 0 Å². The first-order valence-corrected chi connectivity index (χ1v) is 10.5. The average Bonchev–Trinajstić information content (AvgIpc) is 2.81. The van der Waals surface area contributed by atoms with Gasteiger partial charge in [-0.3, -0.25) is 4.79 Å². The van der Waals surface area contributed by atoms with Gasteiger partial charge in [-0.15, -0.1) is 0 Å². The molecule has 1 N–H and O–H groups in total. The highest BCUT2D eigenvalue weighted by molar-refractivity contribution is 6.02. The molecule has 0 amide bonds. The van der Waals surface area contributed by atoms with Crippen LogP contribution in [0.2, 0.25) is 0 Å². The summed E-state index contributed by atoms with van der Waals surface area (Å²) in [4.78, 5) is 26.1. The number of hydroxylamine groups is 2. The Morgan fingerprint density at radius 3 is 2.53 bits per heavy atom. The molecule has 0 spiro atoms. The fourth-order valence-corrected chi connectivity index (χ4v) is 4.03. The van der Waals surface area contributed by atoms with E-state index in [1.54, 1.807) is 30.0 Å². The number of hydrogen-bond donors (Lipinski definition) is 1. The number of carboxylic acids is 1. The second kappa shape index (κ2) is 9.23. The van der Waals surface area contributed by atoms with E-state index in [9.17, 15) is 14.8 Å². The molecule has 2 heterocycles. The summed E-state index contributed by atoms with van der Waals surface area (Å²) >= 11 is 0. The second-order valence-electron chi connectivity index (χ2n) is 7.95. The third-order valence-corrected chi connectivity index (χ3v) is 5.84. The lowest BCUT2D eigenvalue weighted by atomic mass is 9.85. The van der Waals surface area contributed by atoms with Gasteiger partial charge in [-0.05, 0) is 48.3 Å². The topological polar surface area (TPSA) is 83.9 Å². The van der Waals surface area contributed by atoms with Gasteiger partial charge in [-0.2, -0.15) is 0 Å². The van der Waals surface area contributed by atoms with Crippen LogP contribution in [-0.2, 0) is 17.6 Å². The van der Waals surface area contributed by atoms with Crippen LogP contribution < -0.4 is 0 Å². The van der Waals surface area contributed by atoms with Crippen molar-refractivity contribution in [3.05, 3.63) is 99.9 Å². The molecule has 6 nitrogen and oxygen atoms in total. The second-order valence-corrected chi connectivity index (χ2v) is 7.95. The van der Waals surface area contributed by atoms with Crippen LogP contribution in [0.15, 0.2) is 78.0 Å². The Bertz CT molecular complexity index is 1140. The first-order valence-electron chi connectivity index (χ1n) is 10.5. The predicted octanol–water partition coefficient (Wildman–Crippen LogP) is 3.40. The number of carbonyl (C=O) groups is 2. The minimum atomic E-state index is -1.01. The van der Waals surface area contributed by atoms with E-state index in [1.165, 1.54) is 12.1 Å². The van der Waals surface area contributed by atoms with E-state index >= 15 is 0 Å². The standard InChI is InChI=1S/C26H23N2O4/c1-18-22-13-15-27(14-5-8-19-6-3-2-4-7-19)17-23(22)25(29)24(28(18)32)16-20-9-11-21(12-10-20)26(30)31/h2-4,6-7,9-13,15,18,24H,8,16-17H2,1H3,(H,30,31)/q-1. The molecule has 2 aromatic carbocycles. The van der Waals surface area contributed by atoms with Crippen molar-refractivity contribution in [3.63, 3.8) is 0 Å². The Labute approximate surface area is 187 Å². The fourth-order valence-electron chi connectivity index (χ4n) is 4.03. The summed E-state index contributed by atoms with van der Waals surface area (Å²) in [7, 11) is 0. The van der Waals surface area contributed by atoms with Crippen LogP contribution in [0.25, 0.3) is 0 Å². The van der Waals surface area contributed by atoms with Crippen LogP contribution >= 0.6 is 0 Å². The Hall–Kier alpha value is -3.66. The number of carbonyl (C=O) groups excluding carboxylic acids is 1. The number of hydrogen-bond acceptors (Lipinski definition) is 5. The number of ketones is 1. The van der Waals surface area contributed by atoms with Crippen LogP contribution in [0.1, 0.15) is 28.4 Å². The van der Waals surface area contributed by atoms with Gasteiger partial charge in [0.25, 0.3) is 0 Å². The molecule has 2 aliphatic heterocycles. The zero-order chi connectivity index (χ0) is 22.7. The van der Waals surface area contributed by atoms with Crippen molar-refractivity contribution in [3.8, 4) is 12.0 Å². The molecule has 0 aromatic heterocycles. The van der Waals surface area contributed by atoms with Crippen LogP contribution in [0.5, 0.6) is 0 Å². The van der Waals surface area contributed by atoms with Gasteiger partial charge in [0, 0.05) is 30.3 Å². The first kappa shape index (κ1) is 21.6. The van der Waals surface area contributed by atoms with Gasteiger partial charge in [0.05, 0.1) is 18.2 Å². The lowest BCUT2D eigenvalue weighted by Gasteiger charge is -2.47. The van der Waals surface area contributed by atoms with Gasteiger partial charge in [0.2, 0.25) is 0 Å². The predicted molar refractivity (Wildman–Crippen MR) is 121 cm³/mol. The highest BCUT2D eigenvalue weighted by Crippen LogP contribution is 2.31. The third-order valence-electron chi connectivity index (χ3n) is 5.84. The van der Waals surface area contributed by atoms with E-state index < -0.39 is 18.1 Å². The Kier molecular flexibility index (Phi) is 6.22. The SMILES string of the molecule is CC1C2=C(CN(C#CCc3ccccc3)C=C2)C(=O)C(Cc2ccc(C(=O)O)cc2)N1[O-]. The molecule has 2 unspecified atom stereocenters. The third kappa shape index (κ3) is 4.50. The van der Waals surface area contributed by atoms with Gasteiger partial charge in [0.1, 0.15) is 0 Å². The maximum atomic E-state index is 13.2. The van der Waals surface area contributed by atoms with Gasteiger partial charge in [-0.25, -0.2) is 4.79 Å². The molecule has 2 atom stereocenters. The van der Waals surface area contributed by atoms with Crippen LogP contribution in [0.4, 0.5) is 0 Å². The molecule has 0 bridgehead atoms. The minimum Gasteiger partial charge on any atom is -0.784 e. The van der Waals surface area contributed by atoms with Gasteiger partial charge in [0.15, 0.2) is 5.78 Å². The minimum absolute atomic E-state index is 0.170. The highest BCUT2D eigenvalue weighted by Gasteiger charge is 2.36. The molecular weight excluding hydrogens is 404 g/mol. The molecule has 4 rings (SSSR count). The van der Waals surface area contributed by atoms with Gasteiger partial charge < -0.3 is 20.3 Å². The van der Waals surface area contributed by atoms with Crippen LogP contribution in [0, 0.1) is 17.2 Å². The average molecular weight is 427 g/mol. The molecule has 0 aliphatic carbocycles. The van der Waals surface area contributed by atoms with E-state index in [1.807, 2.05) is 36.5 Å². The molecule has 0 fully saturated rings. The Morgan fingerprint density at radius 1 is 1.12 bits per heavy atom. The molecule has 0 radical (unpaired) electrons. The fraction of sp³-hybridized carbons (Fsp3) is 0.231. The highest BCUT2D eigenvalue weighted by atomic mass is 16.5. The molecule has 32 heavy (non-hydrogen) atoms. The van der Waals surface area contributed by atoms with Crippen molar-refractivity contribution in [2.24, 2.45) is 0 Å². The van der Waals surface area contributed by atoms with E-state index in [-0.39, 0.29) is 17.8 Å². The lowest BCUT2D eigenvalue weighted by Crippen LogP contribution is -2.51. The van der Waals surface area contributed by atoms with E-state index in [2.05, 4.69) is 12.0 Å². The van der Waals surface area contributed by atoms with Gasteiger partial charge >= 0.3 is 5.97 Å². The summed E-state index contributed by atoms with van der Waals surface area (Å²) in [5.74, 6) is 1.93. The molecular formula is C26H23N2O4-.